The summed E-state index contributed by atoms with van der Waals surface area (Å²) in [4.78, 5) is 23.0. The summed E-state index contributed by atoms with van der Waals surface area (Å²) < 4.78 is 12.0. The molecule has 6 nitrogen and oxygen atoms in total. The molecule has 1 aromatic rings. The Morgan fingerprint density at radius 1 is 1.21 bits per heavy atom. The number of amides is 1. The van der Waals surface area contributed by atoms with Crippen molar-refractivity contribution in [3.05, 3.63) is 23.8 Å². The van der Waals surface area contributed by atoms with Gasteiger partial charge in [-0.15, -0.1) is 0 Å². The van der Waals surface area contributed by atoms with Crippen molar-refractivity contribution in [3.8, 4) is 0 Å². The molecule has 24 heavy (non-hydrogen) atoms. The Balaban J connectivity index is 1.32. The first-order valence-corrected chi connectivity index (χ1v) is 9.03. The fourth-order valence-electron chi connectivity index (χ4n) is 3.67. The molecule has 3 atom stereocenters. The van der Waals surface area contributed by atoms with Gasteiger partial charge in [-0.05, 0) is 44.9 Å². The lowest BCUT2D eigenvalue weighted by Crippen LogP contribution is -2.46. The van der Waals surface area contributed by atoms with Crippen LogP contribution in [0.3, 0.4) is 0 Å². The Morgan fingerprint density at radius 2 is 2.08 bits per heavy atom. The van der Waals surface area contributed by atoms with Crippen LogP contribution in [0.2, 0.25) is 0 Å². The Hall–Kier alpha value is -1.53. The van der Waals surface area contributed by atoms with Gasteiger partial charge in [0.25, 0.3) is 5.91 Å². The van der Waals surface area contributed by atoms with Crippen LogP contribution in [0.5, 0.6) is 0 Å². The highest BCUT2D eigenvalue weighted by Crippen LogP contribution is 2.33. The maximum Gasteiger partial charge on any atom is 0.274 e. The van der Waals surface area contributed by atoms with E-state index in [0.717, 1.165) is 44.0 Å². The molecule has 6 heteroatoms. The van der Waals surface area contributed by atoms with Crippen molar-refractivity contribution in [2.45, 2.75) is 57.3 Å². The van der Waals surface area contributed by atoms with Crippen molar-refractivity contribution in [3.63, 3.8) is 0 Å². The van der Waals surface area contributed by atoms with Crippen molar-refractivity contribution in [2.24, 2.45) is 5.92 Å². The Morgan fingerprint density at radius 3 is 2.83 bits per heavy atom. The van der Waals surface area contributed by atoms with Crippen LogP contribution in [0.4, 0.5) is 0 Å². The fraction of sp³-hybridized carbons (Fsp3) is 0.722. The first kappa shape index (κ1) is 16.0. The highest BCUT2D eigenvalue weighted by atomic mass is 16.5. The molecule has 0 aromatic carbocycles. The normalized spacial score (nSPS) is 29.5. The molecule has 3 heterocycles. The van der Waals surface area contributed by atoms with Gasteiger partial charge in [-0.1, -0.05) is 0 Å². The molecule has 3 fully saturated rings. The second-order valence-corrected chi connectivity index (χ2v) is 7.25. The number of ether oxygens (including phenoxy) is 2. The molecule has 3 aliphatic rings. The second kappa shape index (κ2) is 6.76. The maximum absolute atomic E-state index is 12.7. The van der Waals surface area contributed by atoms with Crippen LogP contribution >= 0.6 is 0 Å². The SMILES string of the molecule is Cc1cnc(C(=O)N2CC[C@@H]3O[C@@H](COCC4CC4)CC[C@@H]32)cn1. The number of hydrogen-bond acceptors (Lipinski definition) is 5. The molecule has 0 N–H and O–H groups in total. The van der Waals surface area contributed by atoms with Crippen molar-refractivity contribution in [1.29, 1.82) is 0 Å². The van der Waals surface area contributed by atoms with Gasteiger partial charge in [-0.3, -0.25) is 9.78 Å². The largest absolute Gasteiger partial charge is 0.378 e. The first-order valence-electron chi connectivity index (χ1n) is 9.03. The van der Waals surface area contributed by atoms with Gasteiger partial charge in [0, 0.05) is 19.3 Å². The summed E-state index contributed by atoms with van der Waals surface area (Å²) in [6.07, 6.45) is 8.99. The van der Waals surface area contributed by atoms with Crippen molar-refractivity contribution >= 4 is 5.91 Å². The van der Waals surface area contributed by atoms with Crippen LogP contribution in [-0.4, -0.2) is 58.8 Å². The molecule has 1 aliphatic carbocycles. The average molecular weight is 331 g/mol. The number of likely N-dealkylation sites (tertiary alicyclic amines) is 1. The van der Waals surface area contributed by atoms with Crippen molar-refractivity contribution in [2.75, 3.05) is 19.8 Å². The smallest absolute Gasteiger partial charge is 0.274 e. The third kappa shape index (κ3) is 3.44. The van der Waals surface area contributed by atoms with E-state index in [9.17, 15) is 4.79 Å². The molecule has 130 valence electrons. The van der Waals surface area contributed by atoms with E-state index >= 15 is 0 Å². The summed E-state index contributed by atoms with van der Waals surface area (Å²) in [6.45, 7) is 4.18. The number of aromatic nitrogens is 2. The predicted octanol–water partition coefficient (Wildman–Crippen LogP) is 1.97. The lowest BCUT2D eigenvalue weighted by molar-refractivity contribution is -0.0973. The molecule has 0 spiro atoms. The third-order valence-corrected chi connectivity index (χ3v) is 5.25. The van der Waals surface area contributed by atoms with E-state index in [-0.39, 0.29) is 24.2 Å². The third-order valence-electron chi connectivity index (χ3n) is 5.25. The standard InChI is InChI=1S/C18H25N3O3/c1-12-8-20-15(9-19-12)18(22)21-7-6-17-16(21)5-4-14(24-17)11-23-10-13-2-3-13/h8-9,13-14,16-17H,2-7,10-11H2,1H3/t14-,16+,17+/m1/s1. The van der Waals surface area contributed by atoms with Gasteiger partial charge in [0.15, 0.2) is 0 Å². The van der Waals surface area contributed by atoms with Crippen molar-refractivity contribution in [1.82, 2.24) is 14.9 Å². The minimum atomic E-state index is -0.0259. The van der Waals surface area contributed by atoms with E-state index in [0.29, 0.717) is 12.3 Å². The number of aryl methyl sites for hydroxylation is 1. The molecule has 0 bridgehead atoms. The molecule has 1 aromatic heterocycles. The highest BCUT2D eigenvalue weighted by Gasteiger charge is 2.42. The zero-order chi connectivity index (χ0) is 16.5. The van der Waals surface area contributed by atoms with Gasteiger partial charge in [0.05, 0.1) is 36.7 Å². The minimum absolute atomic E-state index is 0.0259. The van der Waals surface area contributed by atoms with Crippen LogP contribution in [0.1, 0.15) is 48.3 Å². The molecule has 1 saturated carbocycles. The molecular formula is C18H25N3O3. The second-order valence-electron chi connectivity index (χ2n) is 7.25. The van der Waals surface area contributed by atoms with Gasteiger partial charge in [-0.2, -0.15) is 0 Å². The molecule has 4 rings (SSSR count). The van der Waals surface area contributed by atoms with Gasteiger partial charge in [0.1, 0.15) is 5.69 Å². The molecule has 2 aliphatic heterocycles. The van der Waals surface area contributed by atoms with Gasteiger partial charge >= 0.3 is 0 Å². The van der Waals surface area contributed by atoms with E-state index in [2.05, 4.69) is 9.97 Å². The lowest BCUT2D eigenvalue weighted by atomic mass is 9.99. The van der Waals surface area contributed by atoms with E-state index < -0.39 is 0 Å². The highest BCUT2D eigenvalue weighted by molar-refractivity contribution is 5.92. The number of rotatable bonds is 5. The number of hydrogen-bond donors (Lipinski definition) is 0. The Bertz CT molecular complexity index is 588. The first-order chi connectivity index (χ1) is 11.7. The van der Waals surface area contributed by atoms with Crippen LogP contribution in [-0.2, 0) is 9.47 Å². The van der Waals surface area contributed by atoms with Crippen LogP contribution in [0.15, 0.2) is 12.4 Å². The Labute approximate surface area is 142 Å². The molecule has 0 radical (unpaired) electrons. The van der Waals surface area contributed by atoms with E-state index in [1.807, 2.05) is 11.8 Å². The summed E-state index contributed by atoms with van der Waals surface area (Å²) in [7, 11) is 0. The quantitative estimate of drug-likeness (QED) is 0.825. The lowest BCUT2D eigenvalue weighted by Gasteiger charge is -2.35. The number of fused-ring (bicyclic) bond motifs is 1. The van der Waals surface area contributed by atoms with Crippen LogP contribution in [0.25, 0.3) is 0 Å². The topological polar surface area (TPSA) is 64.6 Å². The van der Waals surface area contributed by atoms with Gasteiger partial charge in [-0.25, -0.2) is 4.98 Å². The van der Waals surface area contributed by atoms with E-state index in [4.69, 9.17) is 9.47 Å². The van der Waals surface area contributed by atoms with Crippen molar-refractivity contribution < 1.29 is 14.3 Å². The zero-order valence-corrected chi connectivity index (χ0v) is 14.2. The summed E-state index contributed by atoms with van der Waals surface area (Å²) in [5, 5.41) is 0. The number of carbonyl (C=O) groups excluding carboxylic acids is 1. The summed E-state index contributed by atoms with van der Waals surface area (Å²) in [6, 6.07) is 0.167. The Kier molecular flexibility index (Phi) is 4.50. The van der Waals surface area contributed by atoms with Gasteiger partial charge < -0.3 is 14.4 Å². The summed E-state index contributed by atoms with van der Waals surface area (Å²) in [5.41, 5.74) is 1.25. The molecule has 0 unspecified atom stereocenters. The molecule has 2 saturated heterocycles. The number of nitrogens with zero attached hydrogens (tertiary/aromatic N) is 3. The summed E-state index contributed by atoms with van der Waals surface area (Å²) in [5.74, 6) is 0.763. The van der Waals surface area contributed by atoms with E-state index in [1.54, 1.807) is 12.4 Å². The minimum Gasteiger partial charge on any atom is -0.378 e. The average Bonchev–Trinajstić information content (AvgIpc) is 3.32. The zero-order valence-electron chi connectivity index (χ0n) is 14.2. The maximum atomic E-state index is 12.7. The monoisotopic (exact) mass is 331 g/mol. The molecule has 1 amide bonds. The predicted molar refractivity (Wildman–Crippen MR) is 87.6 cm³/mol. The van der Waals surface area contributed by atoms with Crippen LogP contribution < -0.4 is 0 Å². The molecular weight excluding hydrogens is 306 g/mol. The van der Waals surface area contributed by atoms with E-state index in [1.165, 1.54) is 12.8 Å². The van der Waals surface area contributed by atoms with Gasteiger partial charge in [0.2, 0.25) is 0 Å². The summed E-state index contributed by atoms with van der Waals surface area (Å²) >= 11 is 0. The number of carbonyl (C=O) groups is 1. The van der Waals surface area contributed by atoms with Crippen LogP contribution in [0, 0.1) is 12.8 Å². The fourth-order valence-corrected chi connectivity index (χ4v) is 3.67.